The van der Waals surface area contributed by atoms with Crippen LogP contribution in [0.2, 0.25) is 0 Å². The van der Waals surface area contributed by atoms with Crippen molar-refractivity contribution in [2.45, 2.75) is 13.1 Å². The fraction of sp³-hybridized carbons (Fsp3) is 0.115. The molecule has 0 amide bonds. The van der Waals surface area contributed by atoms with E-state index in [0.29, 0.717) is 24.3 Å². The quantitative estimate of drug-likeness (QED) is 0.401. The lowest BCUT2D eigenvalue weighted by molar-refractivity contribution is 0.415. The van der Waals surface area contributed by atoms with Crippen molar-refractivity contribution >= 4 is 11.0 Å². The molecule has 0 spiro atoms. The van der Waals surface area contributed by atoms with Gasteiger partial charge in [0, 0.05) is 42.0 Å². The highest BCUT2D eigenvalue weighted by atomic mass is 16.5. The molecule has 33 heavy (non-hydrogen) atoms. The molecule has 164 valence electrons. The lowest BCUT2D eigenvalue weighted by Gasteiger charge is -2.06. The van der Waals surface area contributed by atoms with E-state index in [1.54, 1.807) is 18.0 Å². The standard InChI is InChI=1S/C26H23N5O2/c1-33-22-11-9-19(10-12-22)24-23-14-20(17-28-16-18-6-5-13-27-15-18)26(32)29-25(23)31(30-24)21-7-3-2-4-8-21/h2-15,28H,16-17H2,1H3,(H,29,32). The molecule has 0 aliphatic rings. The average Bonchev–Trinajstić information content (AvgIpc) is 3.23. The van der Waals surface area contributed by atoms with Crippen molar-refractivity contribution in [3.63, 3.8) is 0 Å². The topological polar surface area (TPSA) is 84.8 Å². The van der Waals surface area contributed by atoms with E-state index < -0.39 is 0 Å². The summed E-state index contributed by atoms with van der Waals surface area (Å²) in [4.78, 5) is 20.1. The molecule has 2 N–H and O–H groups in total. The molecule has 0 unspecified atom stereocenters. The molecule has 0 saturated carbocycles. The minimum Gasteiger partial charge on any atom is -0.497 e. The van der Waals surface area contributed by atoms with Crippen LogP contribution in [-0.2, 0) is 13.1 Å². The van der Waals surface area contributed by atoms with Gasteiger partial charge in [-0.2, -0.15) is 5.10 Å². The van der Waals surface area contributed by atoms with Gasteiger partial charge in [-0.15, -0.1) is 0 Å². The smallest absolute Gasteiger partial charge is 0.254 e. The number of pyridine rings is 2. The predicted molar refractivity (Wildman–Crippen MR) is 128 cm³/mol. The molecule has 0 atom stereocenters. The molecule has 7 nitrogen and oxygen atoms in total. The van der Waals surface area contributed by atoms with Crippen molar-refractivity contribution in [2.75, 3.05) is 7.11 Å². The van der Waals surface area contributed by atoms with Crippen LogP contribution in [0.3, 0.4) is 0 Å². The molecule has 0 bridgehead atoms. The zero-order valence-electron chi connectivity index (χ0n) is 18.2. The van der Waals surface area contributed by atoms with Gasteiger partial charge in [0.15, 0.2) is 0 Å². The molecule has 0 aliphatic heterocycles. The molecule has 5 aromatic rings. The van der Waals surface area contributed by atoms with E-state index >= 15 is 0 Å². The van der Waals surface area contributed by atoms with E-state index in [1.165, 1.54) is 0 Å². The van der Waals surface area contributed by atoms with Crippen LogP contribution < -0.4 is 15.6 Å². The van der Waals surface area contributed by atoms with Gasteiger partial charge in [0.05, 0.1) is 12.8 Å². The number of aromatic amines is 1. The second-order valence-electron chi connectivity index (χ2n) is 7.68. The largest absolute Gasteiger partial charge is 0.497 e. The van der Waals surface area contributed by atoms with Gasteiger partial charge in [0.2, 0.25) is 0 Å². The Morgan fingerprint density at radius 1 is 1.00 bits per heavy atom. The number of H-pyrrole nitrogens is 1. The van der Waals surface area contributed by atoms with Crippen molar-refractivity contribution in [1.29, 1.82) is 0 Å². The number of nitrogens with one attached hydrogen (secondary N) is 2. The first-order valence-electron chi connectivity index (χ1n) is 10.7. The summed E-state index contributed by atoms with van der Waals surface area (Å²) in [6.45, 7) is 1.05. The minimum absolute atomic E-state index is 0.139. The summed E-state index contributed by atoms with van der Waals surface area (Å²) in [7, 11) is 1.64. The van der Waals surface area contributed by atoms with Gasteiger partial charge in [-0.05, 0) is 54.1 Å². The second-order valence-corrected chi connectivity index (χ2v) is 7.68. The number of ether oxygens (including phenoxy) is 1. The van der Waals surface area contributed by atoms with E-state index in [2.05, 4.69) is 15.3 Å². The van der Waals surface area contributed by atoms with Gasteiger partial charge in [0.1, 0.15) is 17.1 Å². The highest BCUT2D eigenvalue weighted by Gasteiger charge is 2.17. The van der Waals surface area contributed by atoms with Crippen LogP contribution in [0.25, 0.3) is 28.0 Å². The normalized spacial score (nSPS) is 11.1. The third-order valence-electron chi connectivity index (χ3n) is 5.50. The lowest BCUT2D eigenvalue weighted by atomic mass is 10.1. The number of hydrogen-bond donors (Lipinski definition) is 2. The molecule has 0 radical (unpaired) electrons. The van der Waals surface area contributed by atoms with Gasteiger partial charge in [-0.1, -0.05) is 24.3 Å². The minimum atomic E-state index is -0.139. The van der Waals surface area contributed by atoms with Crippen molar-refractivity contribution < 1.29 is 4.74 Å². The Hall–Kier alpha value is -4.23. The molecule has 3 aromatic heterocycles. The molecule has 0 saturated heterocycles. The second kappa shape index (κ2) is 9.10. The number of fused-ring (bicyclic) bond motifs is 1. The molecular weight excluding hydrogens is 414 g/mol. The number of benzene rings is 2. The van der Waals surface area contributed by atoms with Crippen LogP contribution in [0.15, 0.2) is 90.0 Å². The van der Waals surface area contributed by atoms with Crippen molar-refractivity contribution in [3.8, 4) is 22.7 Å². The maximum absolute atomic E-state index is 12.9. The lowest BCUT2D eigenvalue weighted by Crippen LogP contribution is -2.21. The predicted octanol–water partition coefficient (Wildman–Crippen LogP) is 4.07. The fourth-order valence-corrected chi connectivity index (χ4v) is 3.81. The number of para-hydroxylation sites is 1. The first-order valence-corrected chi connectivity index (χ1v) is 10.7. The Balaban J connectivity index is 1.57. The van der Waals surface area contributed by atoms with E-state index in [9.17, 15) is 4.79 Å². The Morgan fingerprint density at radius 3 is 2.55 bits per heavy atom. The summed E-state index contributed by atoms with van der Waals surface area (Å²) in [5.74, 6) is 0.777. The average molecular weight is 438 g/mol. The molecule has 3 heterocycles. The number of hydrogen-bond acceptors (Lipinski definition) is 5. The monoisotopic (exact) mass is 437 g/mol. The molecular formula is C26H23N5O2. The Morgan fingerprint density at radius 2 is 1.82 bits per heavy atom. The Kier molecular flexibility index (Phi) is 5.70. The van der Waals surface area contributed by atoms with Crippen LogP contribution in [0, 0.1) is 0 Å². The molecule has 5 rings (SSSR count). The highest BCUT2D eigenvalue weighted by molar-refractivity contribution is 5.92. The van der Waals surface area contributed by atoms with Crippen molar-refractivity contribution in [3.05, 3.63) is 107 Å². The van der Waals surface area contributed by atoms with Gasteiger partial charge in [-0.3, -0.25) is 9.78 Å². The van der Waals surface area contributed by atoms with Crippen molar-refractivity contribution in [2.24, 2.45) is 0 Å². The molecule has 2 aromatic carbocycles. The first kappa shape index (κ1) is 20.7. The summed E-state index contributed by atoms with van der Waals surface area (Å²) in [6, 6.07) is 23.4. The third kappa shape index (κ3) is 4.26. The third-order valence-corrected chi connectivity index (χ3v) is 5.50. The maximum Gasteiger partial charge on any atom is 0.254 e. The van der Waals surface area contributed by atoms with Gasteiger partial charge in [-0.25, -0.2) is 4.68 Å². The summed E-state index contributed by atoms with van der Waals surface area (Å²) < 4.78 is 7.08. The van der Waals surface area contributed by atoms with Crippen LogP contribution >= 0.6 is 0 Å². The van der Waals surface area contributed by atoms with Crippen LogP contribution in [0.5, 0.6) is 5.75 Å². The number of nitrogens with zero attached hydrogens (tertiary/aromatic N) is 3. The van der Waals surface area contributed by atoms with Gasteiger partial charge < -0.3 is 15.0 Å². The highest BCUT2D eigenvalue weighted by Crippen LogP contribution is 2.30. The Labute approximate surface area is 190 Å². The zero-order valence-corrected chi connectivity index (χ0v) is 18.2. The molecule has 7 heteroatoms. The first-order chi connectivity index (χ1) is 16.2. The summed E-state index contributed by atoms with van der Waals surface area (Å²) in [5.41, 5.74) is 4.84. The van der Waals surface area contributed by atoms with E-state index in [-0.39, 0.29) is 5.56 Å². The number of aromatic nitrogens is 4. The summed E-state index contributed by atoms with van der Waals surface area (Å²) >= 11 is 0. The van der Waals surface area contributed by atoms with Crippen molar-refractivity contribution in [1.82, 2.24) is 25.1 Å². The maximum atomic E-state index is 12.9. The SMILES string of the molecule is COc1ccc(-c2nn(-c3ccccc3)c3[nH]c(=O)c(CNCc4cccnc4)cc23)cc1. The van der Waals surface area contributed by atoms with Crippen LogP contribution in [-0.4, -0.2) is 26.9 Å². The number of methoxy groups -OCH3 is 1. The summed E-state index contributed by atoms with van der Waals surface area (Å²) in [5, 5.41) is 9.08. The zero-order chi connectivity index (χ0) is 22.6. The fourth-order valence-electron chi connectivity index (χ4n) is 3.81. The molecule has 0 aliphatic carbocycles. The Bertz CT molecular complexity index is 1430. The van der Waals surface area contributed by atoms with Gasteiger partial charge >= 0.3 is 0 Å². The van der Waals surface area contributed by atoms with Gasteiger partial charge in [0.25, 0.3) is 5.56 Å². The van der Waals surface area contributed by atoms with E-state index in [4.69, 9.17) is 9.84 Å². The van der Waals surface area contributed by atoms with Crippen LogP contribution in [0.1, 0.15) is 11.1 Å². The van der Waals surface area contributed by atoms with Crippen LogP contribution in [0.4, 0.5) is 0 Å². The number of rotatable bonds is 7. The van der Waals surface area contributed by atoms with E-state index in [1.807, 2.05) is 79.0 Å². The van der Waals surface area contributed by atoms with E-state index in [0.717, 1.165) is 33.6 Å². The summed E-state index contributed by atoms with van der Waals surface area (Å²) in [6.07, 6.45) is 3.55. The molecule has 0 fully saturated rings.